The summed E-state index contributed by atoms with van der Waals surface area (Å²) in [7, 11) is 0. The summed E-state index contributed by atoms with van der Waals surface area (Å²) >= 11 is 0. The Morgan fingerprint density at radius 3 is 2.27 bits per heavy atom. The summed E-state index contributed by atoms with van der Waals surface area (Å²) in [6.45, 7) is 1.06. The van der Waals surface area contributed by atoms with Gasteiger partial charge in [0.15, 0.2) is 12.4 Å². The number of nitrogens with two attached hydrogens (primary N) is 2. The van der Waals surface area contributed by atoms with Gasteiger partial charge in [-0.05, 0) is 22.3 Å². The van der Waals surface area contributed by atoms with E-state index in [1.54, 1.807) is 0 Å². The van der Waals surface area contributed by atoms with Crippen LogP contribution in [0.15, 0.2) is 48.5 Å². The molecule has 1 fully saturated rings. The minimum absolute atomic E-state index is 0.272. The normalized spacial score (nSPS) is 22.8. The zero-order chi connectivity index (χ0) is 18.5. The monoisotopic (exact) mass is 354 g/mol. The van der Waals surface area contributed by atoms with E-state index in [1.807, 2.05) is 48.5 Å². The summed E-state index contributed by atoms with van der Waals surface area (Å²) in [6, 6.07) is 15.1. The highest BCUT2D eigenvalue weighted by Crippen LogP contribution is 2.35. The van der Waals surface area contributed by atoms with Gasteiger partial charge in [0.1, 0.15) is 12.2 Å². The summed E-state index contributed by atoms with van der Waals surface area (Å²) in [6.07, 6.45) is -1.80. The average Bonchev–Trinajstić information content (AvgIpc) is 2.72. The van der Waals surface area contributed by atoms with E-state index in [0.717, 1.165) is 22.3 Å². The second-order valence-corrected chi connectivity index (χ2v) is 6.22. The van der Waals surface area contributed by atoms with Crippen LogP contribution in [0.3, 0.4) is 0 Å². The largest absolute Gasteiger partial charge is 0.367 e. The highest BCUT2D eigenvalue weighted by Gasteiger charge is 2.38. The topological polar surface area (TPSA) is 105 Å². The van der Waals surface area contributed by atoms with Crippen LogP contribution in [0.4, 0.5) is 0 Å². The third-order valence-corrected chi connectivity index (χ3v) is 4.48. The number of Topliss-reactive ketones (excluding diaryl/α,β-unsaturated/α-hetero) is 1. The summed E-state index contributed by atoms with van der Waals surface area (Å²) in [5.41, 5.74) is 14.9. The molecule has 1 heterocycles. The Morgan fingerprint density at radius 2 is 1.65 bits per heavy atom. The molecular formula is C20H22N2O4. The summed E-state index contributed by atoms with van der Waals surface area (Å²) in [5, 5.41) is 0. The SMILES string of the molecule is NCc1cccc(C2COC(c3cccc(CN)c3)C(C(=O)C=O)O2)c1. The Hall–Kier alpha value is -2.38. The van der Waals surface area contributed by atoms with Crippen LogP contribution in [0.2, 0.25) is 0 Å². The van der Waals surface area contributed by atoms with E-state index in [2.05, 4.69) is 0 Å². The van der Waals surface area contributed by atoms with Gasteiger partial charge in [-0.2, -0.15) is 0 Å². The van der Waals surface area contributed by atoms with Gasteiger partial charge in [-0.25, -0.2) is 0 Å². The highest BCUT2D eigenvalue weighted by molar-refractivity contribution is 6.27. The molecule has 0 radical (unpaired) electrons. The van der Waals surface area contributed by atoms with E-state index in [4.69, 9.17) is 20.9 Å². The van der Waals surface area contributed by atoms with Crippen molar-refractivity contribution < 1.29 is 19.1 Å². The predicted molar refractivity (Wildman–Crippen MR) is 96.0 cm³/mol. The first-order chi connectivity index (χ1) is 12.7. The maximum atomic E-state index is 12.2. The van der Waals surface area contributed by atoms with Crippen molar-refractivity contribution in [2.75, 3.05) is 6.61 Å². The lowest BCUT2D eigenvalue weighted by molar-refractivity contribution is -0.190. The number of hydrogen-bond donors (Lipinski definition) is 2. The van der Waals surface area contributed by atoms with Crippen LogP contribution in [-0.2, 0) is 32.2 Å². The number of hydrogen-bond acceptors (Lipinski definition) is 6. The van der Waals surface area contributed by atoms with E-state index in [1.165, 1.54) is 0 Å². The van der Waals surface area contributed by atoms with Crippen molar-refractivity contribution in [3.05, 3.63) is 70.8 Å². The lowest BCUT2D eigenvalue weighted by Crippen LogP contribution is -2.40. The van der Waals surface area contributed by atoms with Gasteiger partial charge in [-0.3, -0.25) is 9.59 Å². The molecule has 3 unspecified atom stereocenters. The van der Waals surface area contributed by atoms with Crippen molar-refractivity contribution in [2.45, 2.75) is 31.4 Å². The molecule has 136 valence electrons. The van der Waals surface area contributed by atoms with Crippen LogP contribution >= 0.6 is 0 Å². The number of ketones is 1. The molecule has 0 aliphatic carbocycles. The number of ether oxygens (including phenoxy) is 2. The number of benzene rings is 2. The zero-order valence-corrected chi connectivity index (χ0v) is 14.3. The number of aldehydes is 1. The molecule has 6 heteroatoms. The molecular weight excluding hydrogens is 332 g/mol. The first kappa shape index (κ1) is 18.4. The molecule has 0 saturated carbocycles. The summed E-state index contributed by atoms with van der Waals surface area (Å²) < 4.78 is 12.0. The van der Waals surface area contributed by atoms with Gasteiger partial charge >= 0.3 is 0 Å². The second-order valence-electron chi connectivity index (χ2n) is 6.22. The van der Waals surface area contributed by atoms with Crippen molar-refractivity contribution in [1.82, 2.24) is 0 Å². The smallest absolute Gasteiger partial charge is 0.226 e. The van der Waals surface area contributed by atoms with Crippen molar-refractivity contribution in [2.24, 2.45) is 11.5 Å². The van der Waals surface area contributed by atoms with Crippen molar-refractivity contribution >= 4 is 12.1 Å². The number of carbonyl (C=O) groups excluding carboxylic acids is 2. The molecule has 0 aromatic heterocycles. The molecule has 6 nitrogen and oxygen atoms in total. The minimum atomic E-state index is -0.999. The predicted octanol–water partition coefficient (Wildman–Crippen LogP) is 1.57. The van der Waals surface area contributed by atoms with E-state index >= 15 is 0 Å². The summed E-state index contributed by atoms with van der Waals surface area (Å²) in [4.78, 5) is 23.3. The molecule has 2 aromatic rings. The molecule has 3 atom stereocenters. The molecule has 2 aromatic carbocycles. The van der Waals surface area contributed by atoms with Crippen LogP contribution in [0, 0.1) is 0 Å². The first-order valence-electron chi connectivity index (χ1n) is 8.50. The Labute approximate surface area is 152 Å². The fourth-order valence-electron chi connectivity index (χ4n) is 3.11. The molecule has 4 N–H and O–H groups in total. The maximum absolute atomic E-state index is 12.2. The van der Waals surface area contributed by atoms with Crippen LogP contribution in [0.5, 0.6) is 0 Å². The molecule has 0 amide bonds. The lowest BCUT2D eigenvalue weighted by atomic mass is 9.97. The van der Waals surface area contributed by atoms with Gasteiger partial charge in [-0.1, -0.05) is 48.5 Å². The number of carbonyl (C=O) groups is 2. The van der Waals surface area contributed by atoms with Crippen molar-refractivity contribution in [3.8, 4) is 0 Å². The van der Waals surface area contributed by atoms with Gasteiger partial charge in [-0.15, -0.1) is 0 Å². The average molecular weight is 354 g/mol. The highest BCUT2D eigenvalue weighted by atomic mass is 16.6. The second kappa shape index (κ2) is 8.33. The molecule has 1 aliphatic heterocycles. The fraction of sp³-hybridized carbons (Fsp3) is 0.300. The third-order valence-electron chi connectivity index (χ3n) is 4.48. The minimum Gasteiger partial charge on any atom is -0.367 e. The van der Waals surface area contributed by atoms with Gasteiger partial charge in [0.25, 0.3) is 0 Å². The quantitative estimate of drug-likeness (QED) is 0.603. The Kier molecular flexibility index (Phi) is 5.90. The summed E-state index contributed by atoms with van der Waals surface area (Å²) in [5.74, 6) is -0.646. The standard InChI is InChI=1S/C20H22N2O4/c21-9-13-3-1-5-15(7-13)18-12-25-19(20(26-18)17(24)11-23)16-6-2-4-14(8-16)10-22/h1-8,11,18-20H,9-10,12,21-22H2. The Balaban J connectivity index is 1.87. The maximum Gasteiger partial charge on any atom is 0.226 e. The van der Waals surface area contributed by atoms with E-state index in [9.17, 15) is 9.59 Å². The number of rotatable bonds is 6. The van der Waals surface area contributed by atoms with Crippen LogP contribution in [-0.4, -0.2) is 24.8 Å². The fourth-order valence-corrected chi connectivity index (χ4v) is 3.11. The van der Waals surface area contributed by atoms with Gasteiger partial charge in [0.2, 0.25) is 5.78 Å². The van der Waals surface area contributed by atoms with Crippen LogP contribution in [0.25, 0.3) is 0 Å². The van der Waals surface area contributed by atoms with E-state index < -0.39 is 24.1 Å². The Morgan fingerprint density at radius 1 is 1.04 bits per heavy atom. The van der Waals surface area contributed by atoms with Gasteiger partial charge < -0.3 is 20.9 Å². The zero-order valence-electron chi connectivity index (χ0n) is 14.3. The van der Waals surface area contributed by atoms with Crippen molar-refractivity contribution in [1.29, 1.82) is 0 Å². The lowest BCUT2D eigenvalue weighted by Gasteiger charge is -2.35. The van der Waals surface area contributed by atoms with Crippen LogP contribution in [0.1, 0.15) is 34.5 Å². The van der Waals surface area contributed by atoms with Gasteiger partial charge in [0.05, 0.1) is 6.61 Å². The molecule has 1 aliphatic rings. The molecule has 26 heavy (non-hydrogen) atoms. The van der Waals surface area contributed by atoms with Crippen LogP contribution < -0.4 is 11.5 Å². The van der Waals surface area contributed by atoms with Crippen molar-refractivity contribution in [3.63, 3.8) is 0 Å². The third kappa shape index (κ3) is 3.89. The Bertz CT molecular complexity index is 793. The molecule has 3 rings (SSSR count). The van der Waals surface area contributed by atoms with E-state index in [0.29, 0.717) is 13.1 Å². The first-order valence-corrected chi connectivity index (χ1v) is 8.50. The van der Waals surface area contributed by atoms with Gasteiger partial charge in [0, 0.05) is 13.1 Å². The van der Waals surface area contributed by atoms with E-state index in [-0.39, 0.29) is 12.9 Å². The molecule has 0 spiro atoms. The molecule has 1 saturated heterocycles. The molecule has 0 bridgehead atoms.